The van der Waals surface area contributed by atoms with E-state index in [0.717, 1.165) is 6.07 Å². The number of nitrogens with two attached hydrogens (primary N) is 1. The third-order valence-electron chi connectivity index (χ3n) is 3.29. The maximum absolute atomic E-state index is 13.7. The van der Waals surface area contributed by atoms with E-state index in [1.807, 2.05) is 0 Å². The van der Waals surface area contributed by atoms with Crippen LogP contribution < -0.4 is 15.2 Å². The Morgan fingerprint density at radius 2 is 1.67 bits per heavy atom. The van der Waals surface area contributed by atoms with E-state index in [1.165, 1.54) is 26.4 Å². The maximum atomic E-state index is 13.7. The Morgan fingerprint density at radius 1 is 1.05 bits per heavy atom. The Balaban J connectivity index is 2.33. The van der Waals surface area contributed by atoms with Crippen molar-refractivity contribution >= 4 is 0 Å². The number of hydrogen-bond acceptors (Lipinski definition) is 3. The molecule has 5 heteroatoms. The molecule has 0 spiro atoms. The monoisotopic (exact) mass is 293 g/mol. The summed E-state index contributed by atoms with van der Waals surface area (Å²) in [6, 6.07) is 8.23. The SMILES string of the molecule is COc1cccc(OC)c1C(N)Cc1ccc(F)cc1F. The lowest BCUT2D eigenvalue weighted by atomic mass is 9.97. The molecule has 2 rings (SSSR count). The van der Waals surface area contributed by atoms with E-state index in [9.17, 15) is 8.78 Å². The lowest BCUT2D eigenvalue weighted by Gasteiger charge is -2.19. The molecule has 2 aromatic rings. The van der Waals surface area contributed by atoms with Crippen LogP contribution in [-0.4, -0.2) is 14.2 Å². The largest absolute Gasteiger partial charge is 0.496 e. The zero-order chi connectivity index (χ0) is 15.4. The Kier molecular flexibility index (Phi) is 4.75. The minimum absolute atomic E-state index is 0.211. The number of rotatable bonds is 5. The molecule has 0 saturated heterocycles. The Bertz CT molecular complexity index is 609. The fourth-order valence-corrected chi connectivity index (χ4v) is 2.27. The second kappa shape index (κ2) is 6.54. The smallest absolute Gasteiger partial charge is 0.129 e. The second-order valence-corrected chi connectivity index (χ2v) is 4.62. The number of hydrogen-bond donors (Lipinski definition) is 1. The lowest BCUT2D eigenvalue weighted by Crippen LogP contribution is -2.16. The summed E-state index contributed by atoms with van der Waals surface area (Å²) in [5.74, 6) is -0.0762. The van der Waals surface area contributed by atoms with Crippen molar-refractivity contribution in [2.75, 3.05) is 14.2 Å². The van der Waals surface area contributed by atoms with Gasteiger partial charge in [-0.3, -0.25) is 0 Å². The molecule has 0 saturated carbocycles. The Morgan fingerprint density at radius 3 is 2.19 bits per heavy atom. The predicted molar refractivity (Wildman–Crippen MR) is 76.5 cm³/mol. The highest BCUT2D eigenvalue weighted by Gasteiger charge is 2.19. The number of halogens is 2. The minimum atomic E-state index is -0.612. The van der Waals surface area contributed by atoms with Gasteiger partial charge in [-0.25, -0.2) is 8.78 Å². The highest BCUT2D eigenvalue weighted by Crippen LogP contribution is 2.34. The molecule has 0 aliphatic rings. The van der Waals surface area contributed by atoms with Crippen LogP contribution >= 0.6 is 0 Å². The molecule has 0 aliphatic heterocycles. The number of benzene rings is 2. The van der Waals surface area contributed by atoms with E-state index in [0.29, 0.717) is 22.6 Å². The average Bonchev–Trinajstić information content (AvgIpc) is 2.49. The predicted octanol–water partition coefficient (Wildman–Crippen LogP) is 3.22. The molecule has 0 bridgehead atoms. The van der Waals surface area contributed by atoms with Gasteiger partial charge in [0, 0.05) is 12.1 Å². The van der Waals surface area contributed by atoms with Crippen molar-refractivity contribution in [3.05, 3.63) is 59.2 Å². The van der Waals surface area contributed by atoms with Crippen LogP contribution in [0.2, 0.25) is 0 Å². The van der Waals surface area contributed by atoms with Gasteiger partial charge < -0.3 is 15.2 Å². The third kappa shape index (κ3) is 3.31. The second-order valence-electron chi connectivity index (χ2n) is 4.62. The third-order valence-corrected chi connectivity index (χ3v) is 3.29. The molecule has 1 unspecified atom stereocenters. The van der Waals surface area contributed by atoms with Crippen molar-refractivity contribution in [1.82, 2.24) is 0 Å². The van der Waals surface area contributed by atoms with Crippen LogP contribution in [0.25, 0.3) is 0 Å². The van der Waals surface area contributed by atoms with Gasteiger partial charge in [-0.05, 0) is 30.2 Å². The fraction of sp³-hybridized carbons (Fsp3) is 0.250. The summed E-state index contributed by atoms with van der Waals surface area (Å²) in [4.78, 5) is 0. The van der Waals surface area contributed by atoms with Gasteiger partial charge in [-0.15, -0.1) is 0 Å². The molecule has 1 atom stereocenters. The normalized spacial score (nSPS) is 12.0. The Labute approximate surface area is 122 Å². The molecule has 2 N–H and O–H groups in total. The van der Waals surface area contributed by atoms with E-state index >= 15 is 0 Å². The number of methoxy groups -OCH3 is 2. The first kappa shape index (κ1) is 15.3. The van der Waals surface area contributed by atoms with Crippen molar-refractivity contribution in [2.45, 2.75) is 12.5 Å². The zero-order valence-corrected chi connectivity index (χ0v) is 11.9. The van der Waals surface area contributed by atoms with E-state index in [-0.39, 0.29) is 6.42 Å². The molecule has 0 aromatic heterocycles. The van der Waals surface area contributed by atoms with E-state index in [1.54, 1.807) is 18.2 Å². The molecule has 0 heterocycles. The lowest BCUT2D eigenvalue weighted by molar-refractivity contribution is 0.378. The summed E-state index contributed by atoms with van der Waals surface area (Å²) in [6.45, 7) is 0. The molecule has 3 nitrogen and oxygen atoms in total. The van der Waals surface area contributed by atoms with Crippen LogP contribution in [0.15, 0.2) is 36.4 Å². The van der Waals surface area contributed by atoms with Gasteiger partial charge in [-0.2, -0.15) is 0 Å². The first-order valence-electron chi connectivity index (χ1n) is 6.47. The highest BCUT2D eigenvalue weighted by atomic mass is 19.1. The van der Waals surface area contributed by atoms with Crippen molar-refractivity contribution in [1.29, 1.82) is 0 Å². The van der Waals surface area contributed by atoms with Crippen molar-refractivity contribution in [3.8, 4) is 11.5 Å². The van der Waals surface area contributed by atoms with Crippen molar-refractivity contribution in [3.63, 3.8) is 0 Å². The van der Waals surface area contributed by atoms with Crippen LogP contribution in [0, 0.1) is 11.6 Å². The molecule has 21 heavy (non-hydrogen) atoms. The fourth-order valence-electron chi connectivity index (χ4n) is 2.27. The van der Waals surface area contributed by atoms with Crippen LogP contribution in [0.5, 0.6) is 11.5 Å². The maximum Gasteiger partial charge on any atom is 0.129 e. The molecule has 112 valence electrons. The van der Waals surface area contributed by atoms with Crippen LogP contribution in [0.3, 0.4) is 0 Å². The topological polar surface area (TPSA) is 44.5 Å². The summed E-state index contributed by atoms with van der Waals surface area (Å²) in [6.07, 6.45) is 0.211. The average molecular weight is 293 g/mol. The van der Waals surface area contributed by atoms with Gasteiger partial charge in [0.05, 0.1) is 19.8 Å². The minimum Gasteiger partial charge on any atom is -0.496 e. The van der Waals surface area contributed by atoms with Crippen molar-refractivity contribution < 1.29 is 18.3 Å². The first-order valence-corrected chi connectivity index (χ1v) is 6.47. The highest BCUT2D eigenvalue weighted by molar-refractivity contribution is 5.47. The zero-order valence-electron chi connectivity index (χ0n) is 11.9. The van der Waals surface area contributed by atoms with Gasteiger partial charge in [0.1, 0.15) is 23.1 Å². The molecule has 0 aliphatic carbocycles. The Hall–Kier alpha value is -2.14. The summed E-state index contributed by atoms with van der Waals surface area (Å²) < 4.78 is 37.2. The van der Waals surface area contributed by atoms with Gasteiger partial charge in [0.15, 0.2) is 0 Å². The van der Waals surface area contributed by atoms with Gasteiger partial charge >= 0.3 is 0 Å². The summed E-state index contributed by atoms with van der Waals surface area (Å²) in [5, 5.41) is 0. The summed E-state index contributed by atoms with van der Waals surface area (Å²) >= 11 is 0. The molecule has 0 amide bonds. The first-order chi connectivity index (χ1) is 10.1. The standard InChI is InChI=1S/C16H17F2NO2/c1-20-14-4-3-5-15(21-2)16(14)13(19)8-10-6-7-11(17)9-12(10)18/h3-7,9,13H,8,19H2,1-2H3. The number of ether oxygens (including phenoxy) is 2. The van der Waals surface area contributed by atoms with E-state index in [2.05, 4.69) is 0 Å². The van der Waals surface area contributed by atoms with Gasteiger partial charge in [0.25, 0.3) is 0 Å². The quantitative estimate of drug-likeness (QED) is 0.920. The molecule has 2 aromatic carbocycles. The van der Waals surface area contributed by atoms with Gasteiger partial charge in [0.2, 0.25) is 0 Å². The van der Waals surface area contributed by atoms with Crippen LogP contribution in [-0.2, 0) is 6.42 Å². The molecule has 0 fully saturated rings. The summed E-state index contributed by atoms with van der Waals surface area (Å²) in [5.41, 5.74) is 7.17. The van der Waals surface area contributed by atoms with Crippen molar-refractivity contribution in [2.24, 2.45) is 5.73 Å². The molecule has 0 radical (unpaired) electrons. The van der Waals surface area contributed by atoms with Crippen LogP contribution in [0.1, 0.15) is 17.2 Å². The van der Waals surface area contributed by atoms with Crippen LogP contribution in [0.4, 0.5) is 8.78 Å². The molecular weight excluding hydrogens is 276 g/mol. The van der Waals surface area contributed by atoms with Gasteiger partial charge in [-0.1, -0.05) is 12.1 Å². The van der Waals surface area contributed by atoms with E-state index in [4.69, 9.17) is 15.2 Å². The molecular formula is C16H17F2NO2. The van der Waals surface area contributed by atoms with E-state index < -0.39 is 17.7 Å². The summed E-state index contributed by atoms with van der Waals surface area (Å²) in [7, 11) is 3.06.